The molecule has 0 aliphatic heterocycles. The monoisotopic (exact) mass is 596 g/mol. The summed E-state index contributed by atoms with van der Waals surface area (Å²) in [6.07, 6.45) is 3.13. The van der Waals surface area contributed by atoms with Gasteiger partial charge >= 0.3 is 0 Å². The van der Waals surface area contributed by atoms with Crippen LogP contribution in [0.1, 0.15) is 59.8 Å². The predicted octanol–water partition coefficient (Wildman–Crippen LogP) is 7.80. The second-order valence-electron chi connectivity index (χ2n) is 8.69. The fraction of sp³-hybridized carbons (Fsp3) is 0.267. The second kappa shape index (κ2) is 12.3. The number of para-hydroxylation sites is 2. The van der Waals surface area contributed by atoms with Crippen molar-refractivity contribution in [2.75, 3.05) is 0 Å². The zero-order valence-electron chi connectivity index (χ0n) is 20.6. The molecule has 0 aliphatic rings. The number of carbonyl (C=O) groups excluding carboxylic acids is 1. The van der Waals surface area contributed by atoms with Crippen molar-refractivity contribution in [3.05, 3.63) is 111 Å². The molecule has 4 nitrogen and oxygen atoms in total. The first-order valence-electron chi connectivity index (χ1n) is 12.4. The fourth-order valence-electron chi connectivity index (χ4n) is 4.31. The third-order valence-corrected chi connectivity index (χ3v) is 6.77. The Bertz CT molecular complexity index is 1330. The third-order valence-electron chi connectivity index (χ3n) is 6.10. The smallest absolute Gasteiger partial charge is 0.181 e. The molecule has 0 bridgehead atoms. The summed E-state index contributed by atoms with van der Waals surface area (Å²) in [5, 5.41) is 0. The van der Waals surface area contributed by atoms with Gasteiger partial charge in [-0.05, 0) is 77.7 Å². The number of rotatable bonds is 11. The van der Waals surface area contributed by atoms with Gasteiger partial charge in [0.15, 0.2) is 5.78 Å². The highest BCUT2D eigenvalue weighted by Gasteiger charge is 2.23. The highest BCUT2D eigenvalue weighted by Crippen LogP contribution is 2.27. The maximum atomic E-state index is 14.7. The van der Waals surface area contributed by atoms with Crippen LogP contribution in [0.15, 0.2) is 72.8 Å². The van der Waals surface area contributed by atoms with Crippen molar-refractivity contribution in [2.24, 2.45) is 0 Å². The van der Waals surface area contributed by atoms with Gasteiger partial charge in [-0.2, -0.15) is 0 Å². The molecule has 0 fully saturated rings. The molecule has 36 heavy (non-hydrogen) atoms. The first-order chi connectivity index (χ1) is 17.5. The molecule has 0 unspecified atom stereocenters. The van der Waals surface area contributed by atoms with Crippen molar-refractivity contribution < 1.29 is 13.9 Å². The Labute approximate surface area is 225 Å². The molecule has 4 rings (SSSR count). The van der Waals surface area contributed by atoms with E-state index >= 15 is 0 Å². The molecule has 0 saturated heterocycles. The number of halogens is 2. The summed E-state index contributed by atoms with van der Waals surface area (Å²) in [4.78, 5) is 18.4. The number of hydrogen-bond acceptors (Lipinski definition) is 3. The van der Waals surface area contributed by atoms with E-state index in [4.69, 9.17) is 9.72 Å². The average Bonchev–Trinajstić information content (AvgIpc) is 3.23. The lowest BCUT2D eigenvalue weighted by Gasteiger charge is -2.14. The van der Waals surface area contributed by atoms with E-state index in [9.17, 15) is 9.18 Å². The third kappa shape index (κ3) is 6.22. The van der Waals surface area contributed by atoms with Gasteiger partial charge in [0.2, 0.25) is 0 Å². The molecule has 0 N–H and O–H groups in total. The number of ketones is 1. The predicted molar refractivity (Wildman–Crippen MR) is 149 cm³/mol. The van der Waals surface area contributed by atoms with Gasteiger partial charge in [0.25, 0.3) is 0 Å². The molecular weight excluding hydrogens is 566 g/mol. The van der Waals surface area contributed by atoms with E-state index < -0.39 is 0 Å². The van der Waals surface area contributed by atoms with Gasteiger partial charge in [0.05, 0.1) is 12.2 Å². The standard InChI is InChI=1S/C30H30FIN2O2/c1-3-10-29-33-26(4-2)30(34(29)20-22-15-17-23(32)19-25(22)31)27(35)18-16-21-11-8-9-14-28(21)36-24-12-6-5-7-13-24/h5-9,11-15,17,19H,3-4,10,16,18,20H2,1-2H3. The molecule has 0 spiro atoms. The molecule has 0 radical (unpaired) electrons. The minimum atomic E-state index is -0.263. The van der Waals surface area contributed by atoms with E-state index in [-0.39, 0.29) is 11.6 Å². The van der Waals surface area contributed by atoms with Crippen LogP contribution in [0.3, 0.4) is 0 Å². The molecule has 186 valence electrons. The molecule has 6 heteroatoms. The minimum Gasteiger partial charge on any atom is -0.457 e. The normalized spacial score (nSPS) is 11.0. The van der Waals surface area contributed by atoms with Crippen LogP contribution in [0, 0.1) is 9.39 Å². The molecular formula is C30H30FIN2O2. The number of carbonyl (C=O) groups is 1. The zero-order valence-corrected chi connectivity index (χ0v) is 22.8. The van der Waals surface area contributed by atoms with E-state index in [1.165, 1.54) is 6.07 Å². The van der Waals surface area contributed by atoms with Gasteiger partial charge < -0.3 is 9.30 Å². The Hall–Kier alpha value is -3.00. The number of aromatic nitrogens is 2. The van der Waals surface area contributed by atoms with E-state index in [1.54, 1.807) is 6.07 Å². The second-order valence-corrected chi connectivity index (χ2v) is 9.94. The van der Waals surface area contributed by atoms with Crippen molar-refractivity contribution in [3.8, 4) is 11.5 Å². The first kappa shape index (κ1) is 26.1. The molecule has 3 aromatic carbocycles. The molecule has 4 aromatic rings. The summed E-state index contributed by atoms with van der Waals surface area (Å²) >= 11 is 2.10. The molecule has 0 saturated carbocycles. The summed E-state index contributed by atoms with van der Waals surface area (Å²) in [6, 6.07) is 22.6. The fourth-order valence-corrected chi connectivity index (χ4v) is 4.76. The summed E-state index contributed by atoms with van der Waals surface area (Å²) in [7, 11) is 0. The van der Waals surface area contributed by atoms with Gasteiger partial charge in [-0.1, -0.05) is 56.3 Å². The van der Waals surface area contributed by atoms with E-state index in [0.29, 0.717) is 37.1 Å². The van der Waals surface area contributed by atoms with Gasteiger partial charge in [0, 0.05) is 22.0 Å². The van der Waals surface area contributed by atoms with E-state index in [0.717, 1.165) is 45.0 Å². The molecule has 1 heterocycles. The Morgan fingerprint density at radius 1 is 0.972 bits per heavy atom. The quantitative estimate of drug-likeness (QED) is 0.131. The summed E-state index contributed by atoms with van der Waals surface area (Å²) in [5.41, 5.74) is 2.91. The van der Waals surface area contributed by atoms with Crippen LogP contribution in [0.5, 0.6) is 11.5 Å². The maximum Gasteiger partial charge on any atom is 0.181 e. The number of aryl methyl sites for hydroxylation is 3. The maximum absolute atomic E-state index is 14.7. The summed E-state index contributed by atoms with van der Waals surface area (Å²) in [5.74, 6) is 2.09. The van der Waals surface area contributed by atoms with Crippen LogP contribution in [-0.2, 0) is 25.8 Å². The van der Waals surface area contributed by atoms with Crippen LogP contribution in [0.25, 0.3) is 0 Å². The van der Waals surface area contributed by atoms with Crippen molar-refractivity contribution in [3.63, 3.8) is 0 Å². The Morgan fingerprint density at radius 3 is 2.44 bits per heavy atom. The van der Waals surface area contributed by atoms with Crippen LogP contribution < -0.4 is 4.74 Å². The molecule has 0 aliphatic carbocycles. The van der Waals surface area contributed by atoms with Crippen LogP contribution >= 0.6 is 22.6 Å². The zero-order chi connectivity index (χ0) is 25.5. The van der Waals surface area contributed by atoms with Crippen molar-refractivity contribution >= 4 is 28.4 Å². The molecule has 0 amide bonds. The van der Waals surface area contributed by atoms with Crippen LogP contribution in [-0.4, -0.2) is 15.3 Å². The van der Waals surface area contributed by atoms with Gasteiger partial charge in [0.1, 0.15) is 28.8 Å². The summed E-state index contributed by atoms with van der Waals surface area (Å²) in [6.45, 7) is 4.38. The number of hydrogen-bond donors (Lipinski definition) is 0. The van der Waals surface area contributed by atoms with Crippen LogP contribution in [0.2, 0.25) is 0 Å². The van der Waals surface area contributed by atoms with E-state index in [2.05, 4.69) is 29.5 Å². The minimum absolute atomic E-state index is 0.0159. The molecule has 0 atom stereocenters. The Balaban J connectivity index is 1.60. The van der Waals surface area contributed by atoms with Crippen molar-refractivity contribution in [1.82, 2.24) is 9.55 Å². The van der Waals surface area contributed by atoms with Crippen molar-refractivity contribution in [2.45, 2.75) is 52.5 Å². The largest absolute Gasteiger partial charge is 0.457 e. The highest BCUT2D eigenvalue weighted by molar-refractivity contribution is 14.1. The molecule has 1 aromatic heterocycles. The SMILES string of the molecule is CCCc1nc(CC)c(C(=O)CCc2ccccc2Oc2ccccc2)n1Cc1ccc(I)cc1F. The lowest BCUT2D eigenvalue weighted by atomic mass is 10.0. The number of Topliss-reactive ketones (excluding diaryl/α,β-unsaturated/α-hetero) is 1. The van der Waals surface area contributed by atoms with Gasteiger partial charge in [-0.15, -0.1) is 0 Å². The summed E-state index contributed by atoms with van der Waals surface area (Å²) < 4.78 is 23.6. The number of benzene rings is 3. The lowest BCUT2D eigenvalue weighted by molar-refractivity contribution is 0.0972. The van der Waals surface area contributed by atoms with Crippen molar-refractivity contribution in [1.29, 1.82) is 0 Å². The lowest BCUT2D eigenvalue weighted by Crippen LogP contribution is -2.15. The Kier molecular flexibility index (Phi) is 8.91. The topological polar surface area (TPSA) is 44.1 Å². The Morgan fingerprint density at radius 2 is 1.72 bits per heavy atom. The first-order valence-corrected chi connectivity index (χ1v) is 13.4. The number of imidazole rings is 1. The van der Waals surface area contributed by atoms with Gasteiger partial charge in [-0.3, -0.25) is 4.79 Å². The van der Waals surface area contributed by atoms with Crippen LogP contribution in [0.4, 0.5) is 4.39 Å². The number of ether oxygens (including phenoxy) is 1. The number of nitrogens with zero attached hydrogens (tertiary/aromatic N) is 2. The highest BCUT2D eigenvalue weighted by atomic mass is 127. The van der Waals surface area contributed by atoms with E-state index in [1.807, 2.05) is 72.2 Å². The van der Waals surface area contributed by atoms with Gasteiger partial charge in [-0.25, -0.2) is 9.37 Å². The average molecular weight is 596 g/mol.